The fraction of sp³-hybridized carbons (Fsp3) is 0.300. The molecule has 2 aromatic rings. The molecule has 102 valence electrons. The molecule has 20 heavy (non-hydrogen) atoms. The van der Waals surface area contributed by atoms with Crippen LogP contribution >= 0.6 is 0 Å². The number of rotatable bonds is 1. The molecule has 0 amide bonds. The van der Waals surface area contributed by atoms with Crippen LogP contribution in [0.4, 0.5) is 0 Å². The summed E-state index contributed by atoms with van der Waals surface area (Å²) in [4.78, 5) is 0. The van der Waals surface area contributed by atoms with Crippen molar-refractivity contribution in [2.75, 3.05) is 0 Å². The standard InChI is InChI=1S/C20H22/c1-20(2,3)19-10-6-9-17(14-19)18-12-11-15-7-4-5-8-16(15)13-18/h4-5,7-8,10-14H,6,9H2,1-3H3. The highest BCUT2D eigenvalue weighted by molar-refractivity contribution is 5.86. The second kappa shape index (κ2) is 4.94. The molecule has 0 nitrogen and oxygen atoms in total. The van der Waals surface area contributed by atoms with Gasteiger partial charge < -0.3 is 0 Å². The summed E-state index contributed by atoms with van der Waals surface area (Å²) in [5, 5.41) is 2.65. The summed E-state index contributed by atoms with van der Waals surface area (Å²) < 4.78 is 0. The molecule has 2 aromatic carbocycles. The average molecular weight is 262 g/mol. The van der Waals surface area contributed by atoms with Crippen molar-refractivity contribution in [1.82, 2.24) is 0 Å². The van der Waals surface area contributed by atoms with Crippen LogP contribution in [0.2, 0.25) is 0 Å². The summed E-state index contributed by atoms with van der Waals surface area (Å²) in [6.07, 6.45) is 7.10. The van der Waals surface area contributed by atoms with E-state index in [4.69, 9.17) is 0 Å². The van der Waals surface area contributed by atoms with Gasteiger partial charge in [0.25, 0.3) is 0 Å². The Morgan fingerprint density at radius 2 is 1.65 bits per heavy atom. The van der Waals surface area contributed by atoms with Crippen molar-refractivity contribution in [3.63, 3.8) is 0 Å². The molecule has 0 spiro atoms. The third-order valence-electron chi connectivity index (χ3n) is 4.09. The van der Waals surface area contributed by atoms with E-state index in [0.29, 0.717) is 0 Å². The van der Waals surface area contributed by atoms with Crippen LogP contribution in [0.25, 0.3) is 16.3 Å². The van der Waals surface area contributed by atoms with Gasteiger partial charge in [-0.25, -0.2) is 0 Å². The van der Waals surface area contributed by atoms with Crippen LogP contribution < -0.4 is 0 Å². The number of benzene rings is 2. The van der Waals surface area contributed by atoms with E-state index < -0.39 is 0 Å². The van der Waals surface area contributed by atoms with Crippen molar-refractivity contribution in [3.8, 4) is 0 Å². The highest BCUT2D eigenvalue weighted by Crippen LogP contribution is 2.35. The molecule has 1 aliphatic carbocycles. The van der Waals surface area contributed by atoms with Crippen molar-refractivity contribution in [2.24, 2.45) is 5.41 Å². The topological polar surface area (TPSA) is 0 Å². The third-order valence-corrected chi connectivity index (χ3v) is 4.09. The monoisotopic (exact) mass is 262 g/mol. The Balaban J connectivity index is 2.03. The first-order valence-electron chi connectivity index (χ1n) is 7.44. The van der Waals surface area contributed by atoms with E-state index in [1.54, 1.807) is 0 Å². The summed E-state index contributed by atoms with van der Waals surface area (Å²) in [6.45, 7) is 6.87. The Labute approximate surface area is 121 Å². The van der Waals surface area contributed by atoms with Gasteiger partial charge in [-0.05, 0) is 51.8 Å². The van der Waals surface area contributed by atoms with Crippen molar-refractivity contribution in [2.45, 2.75) is 33.6 Å². The van der Waals surface area contributed by atoms with Gasteiger partial charge in [-0.1, -0.05) is 69.3 Å². The molecule has 0 saturated heterocycles. The normalized spacial score (nSPS) is 15.9. The highest BCUT2D eigenvalue weighted by Gasteiger charge is 2.18. The SMILES string of the molecule is CC(C)(C)C1=CCCC(c2ccc3ccccc3c2)=C1. The minimum absolute atomic E-state index is 0.239. The first-order chi connectivity index (χ1) is 9.54. The fourth-order valence-electron chi connectivity index (χ4n) is 2.84. The molecule has 0 atom stereocenters. The van der Waals surface area contributed by atoms with Gasteiger partial charge in [0.15, 0.2) is 0 Å². The average Bonchev–Trinajstić information content (AvgIpc) is 2.46. The van der Waals surface area contributed by atoms with Crippen LogP contribution in [0.3, 0.4) is 0 Å². The predicted molar refractivity (Wildman–Crippen MR) is 88.7 cm³/mol. The van der Waals surface area contributed by atoms with Crippen molar-refractivity contribution < 1.29 is 0 Å². The highest BCUT2D eigenvalue weighted by atomic mass is 14.2. The molecule has 0 heterocycles. The molecular weight excluding hydrogens is 240 g/mol. The molecule has 1 aliphatic rings. The molecule has 0 bridgehead atoms. The number of allylic oxidation sites excluding steroid dienone is 4. The van der Waals surface area contributed by atoms with E-state index in [-0.39, 0.29) is 5.41 Å². The Kier molecular flexibility index (Phi) is 3.25. The third kappa shape index (κ3) is 2.56. The van der Waals surface area contributed by atoms with E-state index in [0.717, 1.165) is 12.8 Å². The van der Waals surface area contributed by atoms with Gasteiger partial charge in [-0.15, -0.1) is 0 Å². The maximum Gasteiger partial charge on any atom is -0.0135 e. The van der Waals surface area contributed by atoms with Gasteiger partial charge in [0.2, 0.25) is 0 Å². The Bertz CT molecular complexity index is 693. The van der Waals surface area contributed by atoms with Gasteiger partial charge in [0, 0.05) is 0 Å². The second-order valence-electron chi connectivity index (χ2n) is 6.68. The lowest BCUT2D eigenvalue weighted by Gasteiger charge is -2.25. The lowest BCUT2D eigenvalue weighted by Crippen LogP contribution is -2.10. The molecule has 0 heteroatoms. The van der Waals surface area contributed by atoms with Crippen molar-refractivity contribution in [1.29, 1.82) is 0 Å². The molecule has 3 rings (SSSR count). The zero-order valence-corrected chi connectivity index (χ0v) is 12.6. The molecular formula is C20H22. The van der Waals surface area contributed by atoms with Crippen molar-refractivity contribution in [3.05, 3.63) is 65.8 Å². The molecule has 0 saturated carbocycles. The van der Waals surface area contributed by atoms with Crippen LogP contribution in [0.5, 0.6) is 0 Å². The zero-order valence-electron chi connectivity index (χ0n) is 12.6. The summed E-state index contributed by atoms with van der Waals surface area (Å²) in [5.74, 6) is 0. The summed E-state index contributed by atoms with van der Waals surface area (Å²) in [6, 6.07) is 15.4. The van der Waals surface area contributed by atoms with Crippen molar-refractivity contribution >= 4 is 16.3 Å². The first-order valence-corrected chi connectivity index (χ1v) is 7.44. The first kappa shape index (κ1) is 13.2. The molecule has 0 radical (unpaired) electrons. The van der Waals surface area contributed by atoms with E-state index in [9.17, 15) is 0 Å². The molecule has 0 fully saturated rings. The van der Waals surface area contributed by atoms with E-state index in [2.05, 4.69) is 75.4 Å². The van der Waals surface area contributed by atoms with E-state index in [1.807, 2.05) is 0 Å². The van der Waals surface area contributed by atoms with Gasteiger partial charge in [-0.3, -0.25) is 0 Å². The van der Waals surface area contributed by atoms with Gasteiger partial charge >= 0.3 is 0 Å². The van der Waals surface area contributed by atoms with Crippen LogP contribution in [0.15, 0.2) is 60.2 Å². The fourth-order valence-corrected chi connectivity index (χ4v) is 2.84. The molecule has 0 N–H and O–H groups in total. The summed E-state index contributed by atoms with van der Waals surface area (Å²) in [5.41, 5.74) is 4.55. The molecule has 0 aliphatic heterocycles. The van der Waals surface area contributed by atoms with E-state index in [1.165, 1.54) is 27.5 Å². The van der Waals surface area contributed by atoms with E-state index >= 15 is 0 Å². The maximum atomic E-state index is 2.40. The quantitative estimate of drug-likeness (QED) is 0.592. The van der Waals surface area contributed by atoms with Gasteiger partial charge in [0.05, 0.1) is 0 Å². The Morgan fingerprint density at radius 3 is 2.40 bits per heavy atom. The molecule has 0 aromatic heterocycles. The Hall–Kier alpha value is -1.82. The summed E-state index contributed by atoms with van der Waals surface area (Å²) in [7, 11) is 0. The second-order valence-corrected chi connectivity index (χ2v) is 6.68. The molecule has 0 unspecified atom stereocenters. The number of fused-ring (bicyclic) bond motifs is 1. The Morgan fingerprint density at radius 1 is 0.900 bits per heavy atom. The van der Waals surface area contributed by atoms with Crippen LogP contribution in [0.1, 0.15) is 39.2 Å². The van der Waals surface area contributed by atoms with Gasteiger partial charge in [0.1, 0.15) is 0 Å². The largest absolute Gasteiger partial charge is 0.0804 e. The lowest BCUT2D eigenvalue weighted by atomic mass is 9.80. The van der Waals surface area contributed by atoms with Crippen LogP contribution in [-0.4, -0.2) is 0 Å². The zero-order chi connectivity index (χ0) is 14.2. The lowest BCUT2D eigenvalue weighted by molar-refractivity contribution is 0.513. The summed E-state index contributed by atoms with van der Waals surface area (Å²) >= 11 is 0. The number of hydrogen-bond acceptors (Lipinski definition) is 0. The predicted octanol–water partition coefficient (Wildman–Crippen LogP) is 5.99. The minimum atomic E-state index is 0.239. The van der Waals surface area contributed by atoms with Gasteiger partial charge in [-0.2, -0.15) is 0 Å². The minimum Gasteiger partial charge on any atom is -0.0804 e. The van der Waals surface area contributed by atoms with Crippen LogP contribution in [0, 0.1) is 5.41 Å². The van der Waals surface area contributed by atoms with Crippen LogP contribution in [-0.2, 0) is 0 Å². The maximum absolute atomic E-state index is 2.40. The number of hydrogen-bond donors (Lipinski definition) is 0. The smallest absolute Gasteiger partial charge is 0.0135 e.